The third-order valence-corrected chi connectivity index (χ3v) is 2.62. The van der Waals surface area contributed by atoms with E-state index in [1.165, 1.54) is 0 Å². The van der Waals surface area contributed by atoms with E-state index in [2.05, 4.69) is 6.92 Å². The molecule has 1 aliphatic heterocycles. The zero-order valence-electron chi connectivity index (χ0n) is 8.28. The Bertz CT molecular complexity index is 245. The third kappa shape index (κ3) is 1.41. The van der Waals surface area contributed by atoms with Crippen LogP contribution in [-0.4, -0.2) is 29.2 Å². The van der Waals surface area contributed by atoms with Crippen molar-refractivity contribution in [3.63, 3.8) is 0 Å². The van der Waals surface area contributed by atoms with Gasteiger partial charge in [-0.15, -0.1) is 0 Å². The van der Waals surface area contributed by atoms with Crippen molar-refractivity contribution in [3.8, 4) is 0 Å². The summed E-state index contributed by atoms with van der Waals surface area (Å²) in [5, 5.41) is 9.65. The van der Waals surface area contributed by atoms with Crippen molar-refractivity contribution < 1.29 is 14.6 Å². The average Bonchev–Trinajstić information content (AvgIpc) is 2.47. The van der Waals surface area contributed by atoms with Gasteiger partial charge in [0.05, 0.1) is 0 Å². The molecule has 0 amide bonds. The lowest BCUT2D eigenvalue weighted by molar-refractivity contribution is -0.152. The minimum atomic E-state index is -0.551. The highest BCUT2D eigenvalue weighted by Crippen LogP contribution is 2.39. The molecule has 74 valence electrons. The zero-order valence-corrected chi connectivity index (χ0v) is 8.28. The Kier molecular flexibility index (Phi) is 1.98. The Morgan fingerprint density at radius 3 is 2.77 bits per heavy atom. The van der Waals surface area contributed by atoms with Gasteiger partial charge in [-0.3, -0.25) is 0 Å². The Balaban J connectivity index is 2.19. The quantitative estimate of drug-likeness (QED) is 0.623. The predicted molar refractivity (Wildman–Crippen MR) is 48.2 cm³/mol. The maximum Gasteiger partial charge on any atom is 0.164 e. The molecule has 1 saturated heterocycles. The van der Waals surface area contributed by atoms with Gasteiger partial charge in [0.2, 0.25) is 0 Å². The first kappa shape index (κ1) is 9.19. The van der Waals surface area contributed by atoms with Crippen LogP contribution in [0.15, 0.2) is 11.6 Å². The van der Waals surface area contributed by atoms with E-state index in [0.29, 0.717) is 0 Å². The molecule has 0 aromatic carbocycles. The molecular formula is C10H16O3. The lowest BCUT2D eigenvalue weighted by atomic mass is 10.1. The molecule has 3 nitrogen and oxygen atoms in total. The van der Waals surface area contributed by atoms with Crippen LogP contribution in [0.1, 0.15) is 27.2 Å². The van der Waals surface area contributed by atoms with Gasteiger partial charge in [0.25, 0.3) is 0 Å². The summed E-state index contributed by atoms with van der Waals surface area (Å²) in [6.45, 7) is 5.83. The van der Waals surface area contributed by atoms with Crippen molar-refractivity contribution in [1.29, 1.82) is 0 Å². The standard InChI is InChI=1S/C10H16O3/c1-4-6-5-7(11)9-8(6)12-10(2,3)13-9/h5,7-9,11H,4H2,1-3H3/t7-,8+,9?/m1/s1. The maximum absolute atomic E-state index is 9.65. The summed E-state index contributed by atoms with van der Waals surface area (Å²) in [6, 6.07) is 0. The van der Waals surface area contributed by atoms with E-state index < -0.39 is 11.9 Å². The molecule has 0 saturated carbocycles. The average molecular weight is 184 g/mol. The summed E-state index contributed by atoms with van der Waals surface area (Å²) < 4.78 is 11.3. The summed E-state index contributed by atoms with van der Waals surface area (Å²) in [5.74, 6) is -0.551. The first-order chi connectivity index (χ1) is 6.03. The molecule has 1 heterocycles. The molecule has 0 spiro atoms. The molecule has 1 aliphatic carbocycles. The molecule has 13 heavy (non-hydrogen) atoms. The van der Waals surface area contributed by atoms with E-state index in [9.17, 15) is 5.11 Å². The normalized spacial score (nSPS) is 41.8. The highest BCUT2D eigenvalue weighted by molar-refractivity contribution is 5.24. The van der Waals surface area contributed by atoms with Crippen molar-refractivity contribution in [3.05, 3.63) is 11.6 Å². The molecule has 2 aliphatic rings. The van der Waals surface area contributed by atoms with Crippen LogP contribution >= 0.6 is 0 Å². The molecule has 1 unspecified atom stereocenters. The van der Waals surface area contributed by atoms with Crippen molar-refractivity contribution in [2.24, 2.45) is 0 Å². The van der Waals surface area contributed by atoms with E-state index in [1.807, 2.05) is 19.9 Å². The molecule has 0 aromatic rings. The SMILES string of the molecule is CCC1=C[C@@H](O)C2OC(C)(C)O[C@@H]12. The lowest BCUT2D eigenvalue weighted by Gasteiger charge is -2.18. The number of hydrogen-bond donors (Lipinski definition) is 1. The Morgan fingerprint density at radius 2 is 2.15 bits per heavy atom. The number of rotatable bonds is 1. The van der Waals surface area contributed by atoms with Crippen molar-refractivity contribution in [2.75, 3.05) is 0 Å². The first-order valence-electron chi connectivity index (χ1n) is 4.78. The summed E-state index contributed by atoms with van der Waals surface area (Å²) >= 11 is 0. The summed E-state index contributed by atoms with van der Waals surface area (Å²) in [5.41, 5.74) is 1.16. The summed E-state index contributed by atoms with van der Waals surface area (Å²) in [6.07, 6.45) is 2.05. The zero-order chi connectivity index (χ0) is 9.64. The van der Waals surface area contributed by atoms with Gasteiger partial charge in [-0.1, -0.05) is 13.0 Å². The second kappa shape index (κ2) is 2.80. The van der Waals surface area contributed by atoms with Crippen LogP contribution in [0.5, 0.6) is 0 Å². The number of ether oxygens (including phenoxy) is 2. The van der Waals surface area contributed by atoms with Crippen LogP contribution in [0, 0.1) is 0 Å². The molecule has 0 radical (unpaired) electrons. The van der Waals surface area contributed by atoms with Crippen molar-refractivity contribution >= 4 is 0 Å². The molecular weight excluding hydrogens is 168 g/mol. The fraction of sp³-hybridized carbons (Fsp3) is 0.800. The smallest absolute Gasteiger partial charge is 0.164 e. The van der Waals surface area contributed by atoms with Gasteiger partial charge in [-0.25, -0.2) is 0 Å². The van der Waals surface area contributed by atoms with Crippen LogP contribution in [0.4, 0.5) is 0 Å². The van der Waals surface area contributed by atoms with E-state index in [0.717, 1.165) is 12.0 Å². The van der Waals surface area contributed by atoms with Gasteiger partial charge in [-0.05, 0) is 25.8 Å². The van der Waals surface area contributed by atoms with Crippen molar-refractivity contribution in [1.82, 2.24) is 0 Å². The molecule has 2 rings (SSSR count). The number of fused-ring (bicyclic) bond motifs is 1. The Morgan fingerprint density at radius 1 is 1.46 bits per heavy atom. The van der Waals surface area contributed by atoms with Gasteiger partial charge in [0.15, 0.2) is 5.79 Å². The number of hydrogen-bond acceptors (Lipinski definition) is 3. The second-order valence-corrected chi connectivity index (χ2v) is 4.11. The summed E-state index contributed by atoms with van der Waals surface area (Å²) in [4.78, 5) is 0. The molecule has 0 aromatic heterocycles. The number of aliphatic hydroxyl groups excluding tert-OH is 1. The van der Waals surface area contributed by atoms with Gasteiger partial charge in [-0.2, -0.15) is 0 Å². The Hall–Kier alpha value is -0.380. The Labute approximate surface area is 78.3 Å². The van der Waals surface area contributed by atoms with Gasteiger partial charge in [0, 0.05) is 0 Å². The van der Waals surface area contributed by atoms with Gasteiger partial charge in [0.1, 0.15) is 18.3 Å². The van der Waals surface area contributed by atoms with E-state index in [1.54, 1.807) is 0 Å². The molecule has 1 fully saturated rings. The first-order valence-corrected chi connectivity index (χ1v) is 4.78. The molecule has 3 heteroatoms. The number of aliphatic hydroxyl groups is 1. The maximum atomic E-state index is 9.65. The molecule has 3 atom stereocenters. The van der Waals surface area contributed by atoms with E-state index in [4.69, 9.17) is 9.47 Å². The van der Waals surface area contributed by atoms with Crippen LogP contribution in [0.2, 0.25) is 0 Å². The van der Waals surface area contributed by atoms with Crippen molar-refractivity contribution in [2.45, 2.75) is 51.3 Å². The van der Waals surface area contributed by atoms with Crippen LogP contribution in [0.3, 0.4) is 0 Å². The monoisotopic (exact) mass is 184 g/mol. The molecule has 1 N–H and O–H groups in total. The minimum absolute atomic E-state index is 0.0324. The topological polar surface area (TPSA) is 38.7 Å². The van der Waals surface area contributed by atoms with Crippen LogP contribution in [-0.2, 0) is 9.47 Å². The highest BCUT2D eigenvalue weighted by Gasteiger charge is 2.48. The van der Waals surface area contributed by atoms with Gasteiger partial charge < -0.3 is 14.6 Å². The van der Waals surface area contributed by atoms with Gasteiger partial charge >= 0.3 is 0 Å². The molecule has 0 bridgehead atoms. The van der Waals surface area contributed by atoms with Crippen LogP contribution in [0.25, 0.3) is 0 Å². The fourth-order valence-electron chi connectivity index (χ4n) is 2.05. The largest absolute Gasteiger partial charge is 0.386 e. The predicted octanol–water partition coefficient (Wildman–Crippen LogP) is 1.22. The third-order valence-electron chi connectivity index (χ3n) is 2.62. The summed E-state index contributed by atoms with van der Waals surface area (Å²) in [7, 11) is 0. The van der Waals surface area contributed by atoms with E-state index >= 15 is 0 Å². The fourth-order valence-corrected chi connectivity index (χ4v) is 2.05. The minimum Gasteiger partial charge on any atom is -0.386 e. The second-order valence-electron chi connectivity index (χ2n) is 4.11. The van der Waals surface area contributed by atoms with Crippen LogP contribution < -0.4 is 0 Å². The lowest BCUT2D eigenvalue weighted by Crippen LogP contribution is -2.29. The highest BCUT2D eigenvalue weighted by atomic mass is 16.8. The van der Waals surface area contributed by atoms with E-state index in [-0.39, 0.29) is 12.2 Å².